The number of nitrogens with zero attached hydrogens (tertiary/aromatic N) is 1. The van der Waals surface area contributed by atoms with Crippen LogP contribution in [0.3, 0.4) is 0 Å². The van der Waals surface area contributed by atoms with E-state index in [9.17, 15) is 13.6 Å². The first-order valence-electron chi connectivity index (χ1n) is 4.64. The quantitative estimate of drug-likeness (QED) is 0.389. The Morgan fingerprint density at radius 1 is 1.50 bits per heavy atom. The first kappa shape index (κ1) is 13.0. The predicted molar refractivity (Wildman–Crippen MR) is 62.3 cm³/mol. The summed E-state index contributed by atoms with van der Waals surface area (Å²) in [6, 6.07) is 4.38. The molecule has 16 heavy (non-hydrogen) atoms. The van der Waals surface area contributed by atoms with Gasteiger partial charge in [-0.25, -0.2) is 8.42 Å². The summed E-state index contributed by atoms with van der Waals surface area (Å²) in [6.07, 6.45) is 2.56. The molecule has 0 aliphatic carbocycles. The maximum atomic E-state index is 11.2. The summed E-state index contributed by atoms with van der Waals surface area (Å²) < 4.78 is 23.5. The molecule has 1 aromatic carbocycles. The second kappa shape index (κ2) is 4.84. The van der Waals surface area contributed by atoms with Crippen molar-refractivity contribution in [3.8, 4) is 0 Å². The average Bonchev–Trinajstić information content (AvgIpc) is 2.19. The highest BCUT2D eigenvalue weighted by molar-refractivity contribution is 7.90. The van der Waals surface area contributed by atoms with E-state index in [4.69, 9.17) is 11.6 Å². The Hall–Kier alpha value is -1.07. The fourth-order valence-corrected chi connectivity index (χ4v) is 2.04. The lowest BCUT2D eigenvalue weighted by Gasteiger charge is -2.00. The molecule has 0 saturated carbocycles. The van der Waals surface area contributed by atoms with Gasteiger partial charge in [-0.1, -0.05) is 11.6 Å². The van der Waals surface area contributed by atoms with Gasteiger partial charge in [0.25, 0.3) is 0 Å². The molecule has 0 aliphatic rings. The van der Waals surface area contributed by atoms with Crippen LogP contribution in [0.15, 0.2) is 23.1 Å². The maximum absolute atomic E-state index is 11.2. The van der Waals surface area contributed by atoms with Crippen molar-refractivity contribution in [1.29, 1.82) is 0 Å². The van der Waals surface area contributed by atoms with Gasteiger partial charge in [0.2, 0.25) is 6.21 Å². The summed E-state index contributed by atoms with van der Waals surface area (Å²) in [5.41, 5.74) is 0.568. The second-order valence-electron chi connectivity index (χ2n) is 3.34. The first-order valence-corrected chi connectivity index (χ1v) is 6.91. The largest absolute Gasteiger partial charge is 0.291 e. The third-order valence-corrected chi connectivity index (χ3v) is 3.45. The van der Waals surface area contributed by atoms with Crippen molar-refractivity contribution in [1.82, 2.24) is 0 Å². The van der Waals surface area contributed by atoms with Crippen molar-refractivity contribution >= 4 is 27.7 Å². The molecule has 0 unspecified atom stereocenters. The van der Waals surface area contributed by atoms with Gasteiger partial charge < -0.3 is 0 Å². The van der Waals surface area contributed by atoms with Crippen LogP contribution in [0.5, 0.6) is 0 Å². The molecule has 0 radical (unpaired) electrons. The van der Waals surface area contributed by atoms with Crippen LogP contribution in [0.4, 0.5) is 0 Å². The van der Waals surface area contributed by atoms with Gasteiger partial charge in [-0.2, -0.15) is 0 Å². The summed E-state index contributed by atoms with van der Waals surface area (Å²) in [6.45, 7) is 2.19. The van der Waals surface area contributed by atoms with Crippen molar-refractivity contribution in [3.05, 3.63) is 28.8 Å². The zero-order valence-electron chi connectivity index (χ0n) is 9.01. The van der Waals surface area contributed by atoms with E-state index >= 15 is 0 Å². The second-order valence-corrected chi connectivity index (χ2v) is 5.76. The summed E-state index contributed by atoms with van der Waals surface area (Å²) in [5, 5.41) is 9.55. The Kier molecular flexibility index (Phi) is 3.93. The number of rotatable bonds is 3. The first-order chi connectivity index (χ1) is 7.34. The Morgan fingerprint density at radius 3 is 2.56 bits per heavy atom. The molecule has 0 saturated heterocycles. The lowest BCUT2D eigenvalue weighted by Crippen LogP contribution is -2.08. The Labute approximate surface area is 99.7 Å². The van der Waals surface area contributed by atoms with E-state index in [0.717, 1.165) is 11.0 Å². The van der Waals surface area contributed by atoms with E-state index in [0.29, 0.717) is 12.1 Å². The van der Waals surface area contributed by atoms with Crippen LogP contribution in [0, 0.1) is 0 Å². The van der Waals surface area contributed by atoms with Gasteiger partial charge in [0.15, 0.2) is 16.4 Å². The van der Waals surface area contributed by atoms with Crippen LogP contribution in [0.25, 0.3) is 0 Å². The minimum atomic E-state index is -3.25. The molecule has 88 valence electrons. The summed E-state index contributed by atoms with van der Waals surface area (Å²) in [7, 11) is -3.25. The van der Waals surface area contributed by atoms with Gasteiger partial charge in [-0.15, -0.1) is 0 Å². The van der Waals surface area contributed by atoms with Crippen molar-refractivity contribution in [2.45, 2.75) is 11.8 Å². The molecule has 1 aromatic rings. The highest BCUT2D eigenvalue weighted by Gasteiger charge is 2.11. The molecule has 0 fully saturated rings. The molecule has 0 aromatic heterocycles. The van der Waals surface area contributed by atoms with Crippen LogP contribution < -0.4 is 0 Å². The Bertz CT molecular complexity index is 523. The SMILES string of the molecule is CC/[N+](O)=C/c1ccc(S(C)(=O)=O)cc1Cl. The predicted octanol–water partition coefficient (Wildman–Crippen LogP) is 1.58. The van der Waals surface area contributed by atoms with Crippen LogP contribution in [-0.2, 0) is 9.84 Å². The standard InChI is InChI=1S/C10H13ClNO3S/c1-3-12(13)7-8-4-5-9(6-10(8)11)16(2,14)15/h4-7,13H,3H2,1-2H3/q+1/b12-7-. The normalized spacial score (nSPS) is 12.8. The minimum Gasteiger partial charge on any atom is -0.291 e. The third-order valence-electron chi connectivity index (χ3n) is 2.01. The molecular weight excluding hydrogens is 250 g/mol. The van der Waals surface area contributed by atoms with Crippen molar-refractivity contribution in [2.24, 2.45) is 0 Å². The Balaban J connectivity index is 3.21. The molecule has 0 amide bonds. The molecule has 0 aliphatic heterocycles. The molecule has 1 N–H and O–H groups in total. The fourth-order valence-electron chi connectivity index (χ4n) is 1.10. The summed E-state index contributed by atoms with van der Waals surface area (Å²) >= 11 is 5.90. The topological polar surface area (TPSA) is 57.4 Å². The van der Waals surface area contributed by atoms with E-state index in [1.807, 2.05) is 0 Å². The van der Waals surface area contributed by atoms with E-state index in [1.54, 1.807) is 13.0 Å². The number of halogens is 1. The minimum absolute atomic E-state index is 0.163. The number of hydrogen-bond acceptors (Lipinski definition) is 3. The summed E-state index contributed by atoms with van der Waals surface area (Å²) in [5.74, 6) is 0. The zero-order chi connectivity index (χ0) is 12.3. The van der Waals surface area contributed by atoms with Crippen LogP contribution in [0.2, 0.25) is 5.02 Å². The number of hydroxylamine groups is 1. The molecule has 0 spiro atoms. The fraction of sp³-hybridized carbons (Fsp3) is 0.300. The van der Waals surface area contributed by atoms with Crippen LogP contribution in [-0.4, -0.2) is 37.4 Å². The zero-order valence-corrected chi connectivity index (χ0v) is 10.6. The van der Waals surface area contributed by atoms with Crippen LogP contribution >= 0.6 is 11.6 Å². The van der Waals surface area contributed by atoms with E-state index < -0.39 is 9.84 Å². The monoisotopic (exact) mass is 262 g/mol. The maximum Gasteiger partial charge on any atom is 0.224 e. The molecule has 0 atom stereocenters. The van der Waals surface area contributed by atoms with Crippen molar-refractivity contribution in [3.63, 3.8) is 0 Å². The highest BCUT2D eigenvalue weighted by atomic mass is 35.5. The lowest BCUT2D eigenvalue weighted by molar-refractivity contribution is -0.768. The average molecular weight is 263 g/mol. The van der Waals surface area contributed by atoms with Gasteiger partial charge in [0.1, 0.15) is 0 Å². The van der Waals surface area contributed by atoms with E-state index in [1.165, 1.54) is 18.3 Å². The van der Waals surface area contributed by atoms with Gasteiger partial charge in [0.05, 0.1) is 15.5 Å². The Morgan fingerprint density at radius 2 is 2.12 bits per heavy atom. The van der Waals surface area contributed by atoms with Gasteiger partial charge in [0, 0.05) is 6.26 Å². The van der Waals surface area contributed by atoms with Crippen molar-refractivity contribution < 1.29 is 18.4 Å². The number of sulfone groups is 1. The molecule has 0 bridgehead atoms. The van der Waals surface area contributed by atoms with Crippen molar-refractivity contribution in [2.75, 3.05) is 12.8 Å². The molecule has 1 rings (SSSR count). The molecule has 4 nitrogen and oxygen atoms in total. The van der Waals surface area contributed by atoms with Crippen LogP contribution in [0.1, 0.15) is 12.5 Å². The summed E-state index contributed by atoms with van der Waals surface area (Å²) in [4.78, 5) is 0.163. The molecule has 6 heteroatoms. The highest BCUT2D eigenvalue weighted by Crippen LogP contribution is 2.19. The van der Waals surface area contributed by atoms with E-state index in [-0.39, 0.29) is 9.92 Å². The third kappa shape index (κ3) is 3.21. The van der Waals surface area contributed by atoms with Gasteiger partial charge >= 0.3 is 0 Å². The van der Waals surface area contributed by atoms with Gasteiger partial charge in [-0.3, -0.25) is 5.21 Å². The lowest BCUT2D eigenvalue weighted by atomic mass is 10.2. The van der Waals surface area contributed by atoms with E-state index in [2.05, 4.69) is 0 Å². The number of hydrogen-bond donors (Lipinski definition) is 1. The number of benzene rings is 1. The smallest absolute Gasteiger partial charge is 0.224 e. The van der Waals surface area contributed by atoms with Gasteiger partial charge in [-0.05, 0) is 29.9 Å². The molecular formula is C10H13ClNO3S+. The molecule has 0 heterocycles.